The van der Waals surface area contributed by atoms with E-state index in [0.29, 0.717) is 0 Å². The Morgan fingerprint density at radius 3 is 2.59 bits per heavy atom. The summed E-state index contributed by atoms with van der Waals surface area (Å²) in [6.07, 6.45) is 1.09. The summed E-state index contributed by atoms with van der Waals surface area (Å²) in [5.41, 5.74) is 2.94. The maximum atomic E-state index is 11.2. The van der Waals surface area contributed by atoms with Crippen molar-refractivity contribution in [1.82, 2.24) is 9.97 Å². The van der Waals surface area contributed by atoms with Gasteiger partial charge in [0, 0.05) is 4.83 Å². The normalized spacial score (nSPS) is 14.1. The van der Waals surface area contributed by atoms with E-state index in [1.165, 1.54) is 5.56 Å². The molecule has 0 aliphatic rings. The summed E-state index contributed by atoms with van der Waals surface area (Å²) >= 11 is 3.76. The van der Waals surface area contributed by atoms with Gasteiger partial charge in [-0.1, -0.05) is 42.8 Å². The van der Waals surface area contributed by atoms with Crippen LogP contribution in [0.25, 0.3) is 11.0 Å². The van der Waals surface area contributed by atoms with Gasteiger partial charge in [0.15, 0.2) is 0 Å². The Labute approximate surface area is 109 Å². The van der Waals surface area contributed by atoms with E-state index in [1.807, 2.05) is 12.1 Å². The maximum absolute atomic E-state index is 11.2. The Morgan fingerprint density at radius 1 is 1.29 bits per heavy atom. The van der Waals surface area contributed by atoms with Crippen molar-refractivity contribution in [3.8, 4) is 0 Å². The number of hydrogen-bond acceptors (Lipinski definition) is 1. The van der Waals surface area contributed by atoms with Crippen LogP contribution in [0.2, 0.25) is 0 Å². The van der Waals surface area contributed by atoms with E-state index >= 15 is 0 Å². The van der Waals surface area contributed by atoms with E-state index in [-0.39, 0.29) is 15.9 Å². The lowest BCUT2D eigenvalue weighted by Crippen LogP contribution is -2.16. The molecule has 0 saturated heterocycles. The number of aromatic nitrogens is 2. The van der Waals surface area contributed by atoms with Gasteiger partial charge in [-0.3, -0.25) is 0 Å². The van der Waals surface area contributed by atoms with Gasteiger partial charge in [0.25, 0.3) is 0 Å². The SMILES string of the molecule is CCC(C)(C)C(Br)c1ccc2[nH]c(=O)[nH]c2c1. The summed E-state index contributed by atoms with van der Waals surface area (Å²) in [5, 5.41) is 0. The summed E-state index contributed by atoms with van der Waals surface area (Å²) in [7, 11) is 0. The summed E-state index contributed by atoms with van der Waals surface area (Å²) in [4.78, 5) is 17.0. The van der Waals surface area contributed by atoms with Gasteiger partial charge in [-0.05, 0) is 29.5 Å². The van der Waals surface area contributed by atoms with Crippen molar-refractivity contribution in [1.29, 1.82) is 0 Å². The van der Waals surface area contributed by atoms with Crippen LogP contribution in [0.5, 0.6) is 0 Å². The minimum absolute atomic E-state index is 0.155. The quantitative estimate of drug-likeness (QED) is 0.833. The van der Waals surface area contributed by atoms with Gasteiger partial charge in [0.05, 0.1) is 11.0 Å². The molecule has 0 aliphatic carbocycles. The Morgan fingerprint density at radius 2 is 1.94 bits per heavy atom. The second kappa shape index (κ2) is 4.33. The van der Waals surface area contributed by atoms with Crippen molar-refractivity contribution in [2.24, 2.45) is 5.41 Å². The fourth-order valence-corrected chi connectivity index (χ4v) is 2.45. The summed E-state index contributed by atoms with van der Waals surface area (Å²) < 4.78 is 0. The average Bonchev–Trinajstić information content (AvgIpc) is 2.66. The molecule has 0 saturated carbocycles. The summed E-state index contributed by atoms with van der Waals surface area (Å²) in [6, 6.07) is 6.04. The van der Waals surface area contributed by atoms with Crippen LogP contribution in [0.3, 0.4) is 0 Å². The predicted octanol–water partition coefficient (Wildman–Crippen LogP) is 3.73. The highest BCUT2D eigenvalue weighted by Gasteiger charge is 2.26. The highest BCUT2D eigenvalue weighted by Crippen LogP contribution is 2.43. The minimum Gasteiger partial charge on any atom is -0.306 e. The lowest BCUT2D eigenvalue weighted by atomic mass is 9.83. The largest absolute Gasteiger partial charge is 0.323 e. The van der Waals surface area contributed by atoms with Crippen LogP contribution in [0.15, 0.2) is 23.0 Å². The molecule has 2 aromatic rings. The maximum Gasteiger partial charge on any atom is 0.323 e. The van der Waals surface area contributed by atoms with E-state index in [9.17, 15) is 4.79 Å². The number of H-pyrrole nitrogens is 2. The monoisotopic (exact) mass is 296 g/mol. The molecule has 0 bridgehead atoms. The Kier molecular flexibility index (Phi) is 3.17. The van der Waals surface area contributed by atoms with Gasteiger partial charge in [0.1, 0.15) is 0 Å². The number of alkyl halides is 1. The van der Waals surface area contributed by atoms with Gasteiger partial charge >= 0.3 is 5.69 Å². The molecule has 1 heterocycles. The summed E-state index contributed by atoms with van der Waals surface area (Å²) in [6.45, 7) is 6.65. The zero-order chi connectivity index (χ0) is 12.6. The standard InChI is InChI=1S/C13H17BrN2O/c1-4-13(2,3)11(14)8-5-6-9-10(7-8)16-12(17)15-9/h5-7,11H,4H2,1-3H3,(H2,15,16,17). The third-order valence-electron chi connectivity index (χ3n) is 3.43. The van der Waals surface area contributed by atoms with E-state index < -0.39 is 0 Å². The molecule has 3 nitrogen and oxygen atoms in total. The number of benzene rings is 1. The lowest BCUT2D eigenvalue weighted by Gasteiger charge is -2.29. The zero-order valence-corrected chi connectivity index (χ0v) is 11.9. The minimum atomic E-state index is -0.155. The number of aromatic amines is 2. The predicted molar refractivity (Wildman–Crippen MR) is 74.7 cm³/mol. The number of halogens is 1. The highest BCUT2D eigenvalue weighted by molar-refractivity contribution is 9.09. The van der Waals surface area contributed by atoms with Crippen LogP contribution in [0, 0.1) is 5.41 Å². The van der Waals surface area contributed by atoms with Crippen LogP contribution in [0.4, 0.5) is 0 Å². The Bertz CT molecular complexity index is 582. The second-order valence-corrected chi connectivity index (χ2v) is 6.00. The van der Waals surface area contributed by atoms with Gasteiger partial charge in [0.2, 0.25) is 0 Å². The molecule has 0 fully saturated rings. The van der Waals surface area contributed by atoms with Crippen LogP contribution in [0.1, 0.15) is 37.6 Å². The number of fused-ring (bicyclic) bond motifs is 1. The van der Waals surface area contributed by atoms with Gasteiger partial charge in [-0.25, -0.2) is 4.79 Å². The van der Waals surface area contributed by atoms with Crippen LogP contribution >= 0.6 is 15.9 Å². The van der Waals surface area contributed by atoms with Crippen molar-refractivity contribution < 1.29 is 0 Å². The van der Waals surface area contributed by atoms with Gasteiger partial charge in [-0.2, -0.15) is 0 Å². The van der Waals surface area contributed by atoms with Crippen molar-refractivity contribution in [2.45, 2.75) is 32.0 Å². The molecule has 17 heavy (non-hydrogen) atoms. The smallest absolute Gasteiger partial charge is 0.306 e. The number of rotatable bonds is 3. The molecule has 2 rings (SSSR count). The van der Waals surface area contributed by atoms with E-state index in [0.717, 1.165) is 17.5 Å². The fraction of sp³-hybridized carbons (Fsp3) is 0.462. The molecule has 2 N–H and O–H groups in total. The first-order chi connectivity index (χ1) is 7.94. The van der Waals surface area contributed by atoms with E-state index in [4.69, 9.17) is 0 Å². The highest BCUT2D eigenvalue weighted by atomic mass is 79.9. The van der Waals surface area contributed by atoms with Crippen LogP contribution in [-0.4, -0.2) is 9.97 Å². The number of imidazole rings is 1. The second-order valence-electron chi connectivity index (χ2n) is 5.09. The van der Waals surface area contributed by atoms with E-state index in [1.54, 1.807) is 0 Å². The average molecular weight is 297 g/mol. The first-order valence-electron chi connectivity index (χ1n) is 5.80. The Hall–Kier alpha value is -1.03. The molecule has 1 aromatic carbocycles. The van der Waals surface area contributed by atoms with Crippen molar-refractivity contribution >= 4 is 27.0 Å². The number of nitrogens with one attached hydrogen (secondary N) is 2. The third kappa shape index (κ3) is 2.32. The van der Waals surface area contributed by atoms with Gasteiger partial charge < -0.3 is 9.97 Å². The molecule has 1 atom stereocenters. The van der Waals surface area contributed by atoms with Crippen LogP contribution in [-0.2, 0) is 0 Å². The molecule has 0 radical (unpaired) electrons. The summed E-state index contributed by atoms with van der Waals surface area (Å²) in [5.74, 6) is 0. The topological polar surface area (TPSA) is 48.6 Å². The van der Waals surface area contributed by atoms with Gasteiger partial charge in [-0.15, -0.1) is 0 Å². The van der Waals surface area contributed by atoms with Crippen LogP contribution < -0.4 is 5.69 Å². The molecule has 92 valence electrons. The molecular formula is C13H17BrN2O. The number of hydrogen-bond donors (Lipinski definition) is 2. The first kappa shape index (κ1) is 12.4. The van der Waals surface area contributed by atoms with Crippen molar-refractivity contribution in [2.75, 3.05) is 0 Å². The Balaban J connectivity index is 2.45. The lowest BCUT2D eigenvalue weighted by molar-refractivity contribution is 0.346. The molecule has 0 amide bonds. The molecule has 1 unspecified atom stereocenters. The fourth-order valence-electron chi connectivity index (χ4n) is 1.84. The molecule has 0 spiro atoms. The van der Waals surface area contributed by atoms with E-state index in [2.05, 4.69) is 52.7 Å². The molecular weight excluding hydrogens is 280 g/mol. The molecule has 4 heteroatoms. The molecule has 1 aromatic heterocycles. The zero-order valence-electron chi connectivity index (χ0n) is 10.3. The van der Waals surface area contributed by atoms with Crippen molar-refractivity contribution in [3.63, 3.8) is 0 Å². The third-order valence-corrected chi connectivity index (χ3v) is 5.20. The molecule has 0 aliphatic heterocycles. The first-order valence-corrected chi connectivity index (χ1v) is 6.71. The van der Waals surface area contributed by atoms with Crippen molar-refractivity contribution in [3.05, 3.63) is 34.2 Å².